The molecule has 0 aliphatic rings. The van der Waals surface area contributed by atoms with Crippen LogP contribution in [0.4, 0.5) is 0 Å². The molecule has 0 spiro atoms. The first kappa shape index (κ1) is 21.0. The van der Waals surface area contributed by atoms with Gasteiger partial charge in [-0.3, -0.25) is 0 Å². The van der Waals surface area contributed by atoms with Gasteiger partial charge in [0.25, 0.3) is 0 Å². The molecule has 0 unspecified atom stereocenters. The topological polar surface area (TPSA) is 26.3 Å². The van der Waals surface area contributed by atoms with Gasteiger partial charge in [-0.15, -0.1) is 22.2 Å². The summed E-state index contributed by atoms with van der Waals surface area (Å²) in [5.41, 5.74) is 0.473. The molecule has 0 aliphatic heterocycles. The second kappa shape index (κ2) is 12.5. The molecule has 0 saturated carbocycles. The Kier molecular flexibility index (Phi) is 12.5. The fourth-order valence-electron chi connectivity index (χ4n) is 2.06. The van der Waals surface area contributed by atoms with Crippen molar-refractivity contribution in [2.75, 3.05) is 6.61 Å². The Labute approximate surface area is 140 Å². The van der Waals surface area contributed by atoms with E-state index in [1.807, 2.05) is 6.55 Å². The number of ether oxygens (including phenoxy) is 1. The molecule has 0 N–H and O–H groups in total. The number of carbonyl (C=O) groups is 1. The average molecular weight is 353 g/mol. The van der Waals surface area contributed by atoms with E-state index in [4.69, 9.17) is 26.9 Å². The molecular formula is C16H30Cl2O2Si. The second-order valence-corrected chi connectivity index (χ2v) is 14.1. The van der Waals surface area contributed by atoms with Crippen LogP contribution in [-0.2, 0) is 9.53 Å². The SMILES string of the molecule is C=C(C)C(=O)OCCCCCCCCCCC[Si](C)(Cl)Cl. The summed E-state index contributed by atoms with van der Waals surface area (Å²) >= 11 is 12.1. The summed E-state index contributed by atoms with van der Waals surface area (Å²) in [5.74, 6) is -0.275. The third-order valence-electron chi connectivity index (χ3n) is 3.34. The van der Waals surface area contributed by atoms with E-state index in [9.17, 15) is 4.79 Å². The van der Waals surface area contributed by atoms with Crippen LogP contribution in [0.1, 0.15) is 64.7 Å². The number of esters is 1. The van der Waals surface area contributed by atoms with E-state index in [0.717, 1.165) is 18.9 Å². The van der Waals surface area contributed by atoms with E-state index in [1.54, 1.807) is 6.92 Å². The van der Waals surface area contributed by atoms with Crippen LogP contribution in [0.25, 0.3) is 0 Å². The highest BCUT2D eigenvalue weighted by Crippen LogP contribution is 2.23. The molecular weight excluding hydrogens is 323 g/mol. The van der Waals surface area contributed by atoms with E-state index in [1.165, 1.54) is 44.9 Å². The Balaban J connectivity index is 3.16. The first-order valence-corrected chi connectivity index (χ1v) is 12.8. The summed E-state index contributed by atoms with van der Waals surface area (Å²) < 4.78 is 5.05. The molecule has 0 aromatic heterocycles. The predicted octanol–water partition coefficient (Wildman–Crippen LogP) is 6.17. The third kappa shape index (κ3) is 16.2. The van der Waals surface area contributed by atoms with Crippen molar-refractivity contribution in [1.29, 1.82) is 0 Å². The van der Waals surface area contributed by atoms with Crippen LogP contribution >= 0.6 is 22.2 Å². The molecule has 0 heterocycles. The zero-order chi connectivity index (χ0) is 16.1. The fourth-order valence-corrected chi connectivity index (χ4v) is 3.74. The zero-order valence-electron chi connectivity index (χ0n) is 13.6. The lowest BCUT2D eigenvalue weighted by molar-refractivity contribution is -0.139. The fraction of sp³-hybridized carbons (Fsp3) is 0.812. The molecule has 0 bridgehead atoms. The summed E-state index contributed by atoms with van der Waals surface area (Å²) in [5, 5.41) is 0. The van der Waals surface area contributed by atoms with Crippen molar-refractivity contribution in [3.63, 3.8) is 0 Å². The molecule has 2 nitrogen and oxygen atoms in total. The highest BCUT2D eigenvalue weighted by atomic mass is 35.7. The van der Waals surface area contributed by atoms with Gasteiger partial charge >= 0.3 is 5.97 Å². The van der Waals surface area contributed by atoms with Gasteiger partial charge in [0, 0.05) is 5.57 Å². The Morgan fingerprint density at radius 1 is 0.952 bits per heavy atom. The van der Waals surface area contributed by atoms with E-state index in [0.29, 0.717) is 12.2 Å². The van der Waals surface area contributed by atoms with Crippen molar-refractivity contribution in [2.45, 2.75) is 77.3 Å². The molecule has 0 amide bonds. The summed E-state index contributed by atoms with van der Waals surface area (Å²) in [4.78, 5) is 11.1. The van der Waals surface area contributed by atoms with Crippen molar-refractivity contribution in [3.05, 3.63) is 12.2 Å². The number of rotatable bonds is 13. The molecule has 0 rings (SSSR count). The number of halogens is 2. The van der Waals surface area contributed by atoms with Gasteiger partial charge in [-0.2, -0.15) is 0 Å². The summed E-state index contributed by atoms with van der Waals surface area (Å²) in [7, 11) is 0. The molecule has 0 saturated heterocycles. The van der Waals surface area contributed by atoms with Crippen LogP contribution in [0.15, 0.2) is 12.2 Å². The highest BCUT2D eigenvalue weighted by molar-refractivity contribution is 7.44. The van der Waals surface area contributed by atoms with Crippen molar-refractivity contribution in [1.82, 2.24) is 0 Å². The molecule has 0 aliphatic carbocycles. The van der Waals surface area contributed by atoms with Crippen LogP contribution in [0.2, 0.25) is 12.6 Å². The Morgan fingerprint density at radius 3 is 1.81 bits per heavy atom. The average Bonchev–Trinajstić information content (AvgIpc) is 2.38. The molecule has 0 atom stereocenters. The predicted molar refractivity (Wildman–Crippen MR) is 95.5 cm³/mol. The summed E-state index contributed by atoms with van der Waals surface area (Å²) in [6, 6.07) is 1.01. The third-order valence-corrected chi connectivity index (χ3v) is 5.71. The smallest absolute Gasteiger partial charge is 0.333 e. The van der Waals surface area contributed by atoms with E-state index < -0.39 is 6.69 Å². The van der Waals surface area contributed by atoms with Crippen LogP contribution in [-0.4, -0.2) is 19.3 Å². The summed E-state index contributed by atoms with van der Waals surface area (Å²) in [6.45, 7) is 5.87. The molecule has 21 heavy (non-hydrogen) atoms. The lowest BCUT2D eigenvalue weighted by Crippen LogP contribution is -2.11. The monoisotopic (exact) mass is 352 g/mol. The molecule has 0 aromatic rings. The maximum atomic E-state index is 11.1. The largest absolute Gasteiger partial charge is 0.462 e. The van der Waals surface area contributed by atoms with Gasteiger partial charge < -0.3 is 4.74 Å². The van der Waals surface area contributed by atoms with Gasteiger partial charge in [-0.25, -0.2) is 4.79 Å². The van der Waals surface area contributed by atoms with Crippen LogP contribution in [0.5, 0.6) is 0 Å². The number of unbranched alkanes of at least 4 members (excludes halogenated alkanes) is 8. The normalized spacial score (nSPS) is 11.4. The quantitative estimate of drug-likeness (QED) is 0.130. The van der Waals surface area contributed by atoms with Gasteiger partial charge in [0.2, 0.25) is 6.69 Å². The summed E-state index contributed by atoms with van der Waals surface area (Å²) in [6.07, 6.45) is 10.9. The Hall–Kier alpha value is 0.00688. The first-order valence-electron chi connectivity index (χ1n) is 8.03. The number of carbonyl (C=O) groups excluding carboxylic acids is 1. The van der Waals surface area contributed by atoms with Crippen molar-refractivity contribution in [2.24, 2.45) is 0 Å². The number of hydrogen-bond acceptors (Lipinski definition) is 2. The van der Waals surface area contributed by atoms with E-state index in [-0.39, 0.29) is 5.97 Å². The lowest BCUT2D eigenvalue weighted by Gasteiger charge is -2.09. The van der Waals surface area contributed by atoms with Crippen LogP contribution in [0, 0.1) is 0 Å². The molecule has 5 heteroatoms. The van der Waals surface area contributed by atoms with Crippen LogP contribution in [0.3, 0.4) is 0 Å². The minimum absolute atomic E-state index is 0.275. The van der Waals surface area contributed by atoms with Gasteiger partial charge in [-0.1, -0.05) is 57.9 Å². The van der Waals surface area contributed by atoms with E-state index >= 15 is 0 Å². The minimum Gasteiger partial charge on any atom is -0.462 e. The maximum absolute atomic E-state index is 11.1. The van der Waals surface area contributed by atoms with E-state index in [2.05, 4.69) is 6.58 Å². The van der Waals surface area contributed by atoms with Crippen molar-refractivity contribution in [3.8, 4) is 0 Å². The first-order chi connectivity index (χ1) is 9.83. The van der Waals surface area contributed by atoms with Gasteiger partial charge in [0.05, 0.1) is 6.61 Å². The molecule has 0 fully saturated rings. The van der Waals surface area contributed by atoms with Crippen molar-refractivity contribution < 1.29 is 9.53 Å². The molecule has 124 valence electrons. The maximum Gasteiger partial charge on any atom is 0.333 e. The van der Waals surface area contributed by atoms with Crippen LogP contribution < -0.4 is 0 Å². The Morgan fingerprint density at radius 2 is 1.38 bits per heavy atom. The standard InChI is InChI=1S/C16H30Cl2O2Si/c1-15(2)16(19)20-13-11-9-7-5-4-6-8-10-12-14-21(3,17)18/h1,4-14H2,2-3H3. The number of hydrogen-bond donors (Lipinski definition) is 0. The second-order valence-electron chi connectivity index (χ2n) is 5.92. The zero-order valence-corrected chi connectivity index (χ0v) is 16.1. The lowest BCUT2D eigenvalue weighted by atomic mass is 10.1. The minimum atomic E-state index is -1.86. The van der Waals surface area contributed by atoms with Crippen molar-refractivity contribution >= 4 is 34.8 Å². The van der Waals surface area contributed by atoms with Gasteiger partial charge in [0.15, 0.2) is 0 Å². The highest BCUT2D eigenvalue weighted by Gasteiger charge is 2.19. The Bertz CT molecular complexity index is 301. The van der Waals surface area contributed by atoms with Gasteiger partial charge in [0.1, 0.15) is 0 Å². The van der Waals surface area contributed by atoms with Gasteiger partial charge in [-0.05, 0) is 25.9 Å². The molecule has 0 aromatic carbocycles. The molecule has 0 radical (unpaired) electrons.